The zero-order valence-electron chi connectivity index (χ0n) is 30.4. The van der Waals surface area contributed by atoms with E-state index in [9.17, 15) is 55.5 Å². The van der Waals surface area contributed by atoms with Gasteiger partial charge in [0, 0.05) is 23.8 Å². The van der Waals surface area contributed by atoms with Gasteiger partial charge in [0.05, 0.1) is 32.5 Å². The van der Waals surface area contributed by atoms with Gasteiger partial charge in [-0.25, -0.2) is 4.79 Å². The summed E-state index contributed by atoms with van der Waals surface area (Å²) < 4.78 is 44.9. The summed E-state index contributed by atoms with van der Waals surface area (Å²) in [6.45, 7) is 0.815. The Labute approximate surface area is 322 Å². The number of aliphatic hydroxyl groups excluding tert-OH is 5. The second-order valence-electron chi connectivity index (χ2n) is 13.2. The average molecular weight is 801 g/mol. The Morgan fingerprint density at radius 1 is 0.754 bits per heavy atom. The van der Waals surface area contributed by atoms with Gasteiger partial charge in [0.15, 0.2) is 52.3 Å². The summed E-state index contributed by atoms with van der Waals surface area (Å²) >= 11 is 0. The van der Waals surface area contributed by atoms with Crippen LogP contribution in [0.2, 0.25) is 0 Å². The van der Waals surface area contributed by atoms with E-state index in [2.05, 4.69) is 0 Å². The van der Waals surface area contributed by atoms with E-state index >= 15 is 0 Å². The number of carbonyl (C=O) groups excluding carboxylic acids is 1. The molecule has 3 heterocycles. The second kappa shape index (κ2) is 16.8. The maximum absolute atomic E-state index is 12.5. The Morgan fingerprint density at radius 2 is 1.44 bits per heavy atom. The van der Waals surface area contributed by atoms with E-state index in [1.165, 1.54) is 63.6 Å². The van der Waals surface area contributed by atoms with Crippen LogP contribution in [0.5, 0.6) is 40.2 Å². The number of ether oxygens (including phenoxy) is 7. The maximum Gasteiger partial charge on any atom is 0.331 e. The summed E-state index contributed by atoms with van der Waals surface area (Å²) in [5, 5.41) is 94.4. The minimum atomic E-state index is -1.90. The van der Waals surface area contributed by atoms with E-state index in [-0.39, 0.29) is 51.4 Å². The number of rotatable bonds is 11. The fourth-order valence-electron chi connectivity index (χ4n) is 6.24. The number of aliphatic hydroxyl groups is 5. The van der Waals surface area contributed by atoms with Crippen molar-refractivity contribution in [2.75, 3.05) is 20.8 Å². The summed E-state index contributed by atoms with van der Waals surface area (Å²) in [6.07, 6.45) is -14.1. The highest BCUT2D eigenvalue weighted by atomic mass is 16.7. The Morgan fingerprint density at radius 3 is 2.11 bits per heavy atom. The van der Waals surface area contributed by atoms with Crippen molar-refractivity contribution in [1.29, 1.82) is 0 Å². The number of hydrogen-bond acceptors (Lipinski definition) is 19. The topological polar surface area (TPSA) is 294 Å². The van der Waals surface area contributed by atoms with Crippen molar-refractivity contribution < 1.29 is 88.3 Å². The molecule has 9 N–H and O–H groups in total. The molecule has 0 spiro atoms. The molecule has 3 aliphatic heterocycles. The minimum absolute atomic E-state index is 0.00516. The average Bonchev–Trinajstić information content (AvgIpc) is 3.18. The summed E-state index contributed by atoms with van der Waals surface area (Å²) in [4.78, 5) is 24.7. The lowest BCUT2D eigenvalue weighted by atomic mass is 9.98. The standard InChI is InChI=1S/C38H40O19/c1-15-35(57-28(43)7-5-16-4-6-20(40)22(42)8-16)32(47)34(49)37(53-15)52-14-27-30(45)31(46)33(48)38(56-27)55-26-13-19-21(41)11-18(39)12-23(19)54-36(26)17-9-24(50-2)29(44)25(10-17)51-3/h4-13,15,27,30-35,37-38,40-42,44-49H,14H2,1-3H3/t15-,27+,30+,31-,32-,33+,34+,35-,37+,38+/m0/s1. The molecule has 2 aromatic rings. The van der Waals surface area contributed by atoms with Gasteiger partial charge in [0.25, 0.3) is 0 Å². The van der Waals surface area contributed by atoms with E-state index in [4.69, 9.17) is 37.6 Å². The van der Waals surface area contributed by atoms with Crippen molar-refractivity contribution >= 4 is 12.0 Å². The molecule has 0 radical (unpaired) electrons. The molecular formula is C38H40O19. The predicted molar refractivity (Wildman–Crippen MR) is 192 cm³/mol. The summed E-state index contributed by atoms with van der Waals surface area (Å²) in [5.41, 5.74) is -0.0621. The van der Waals surface area contributed by atoms with E-state index in [1.54, 1.807) is 0 Å². The molecule has 1 aliphatic carbocycles. The summed E-state index contributed by atoms with van der Waals surface area (Å²) in [5.74, 6) is -3.04. The monoisotopic (exact) mass is 800 g/mol. The molecule has 57 heavy (non-hydrogen) atoms. The van der Waals surface area contributed by atoms with Crippen LogP contribution in [0, 0.1) is 0 Å². The van der Waals surface area contributed by atoms with E-state index in [0.717, 1.165) is 18.2 Å². The van der Waals surface area contributed by atoms with Crippen molar-refractivity contribution in [1.82, 2.24) is 0 Å². The fourth-order valence-corrected chi connectivity index (χ4v) is 6.24. The molecule has 2 fully saturated rings. The number of hydrogen-bond donors (Lipinski definition) is 9. The molecule has 306 valence electrons. The molecule has 19 heteroatoms. The molecule has 0 bridgehead atoms. The number of esters is 1. The molecule has 2 aromatic carbocycles. The van der Waals surface area contributed by atoms with Gasteiger partial charge in [-0.2, -0.15) is 0 Å². The molecule has 2 saturated heterocycles. The van der Waals surface area contributed by atoms with Crippen LogP contribution >= 0.6 is 0 Å². The van der Waals surface area contributed by atoms with Crippen LogP contribution in [0.25, 0.3) is 28.7 Å². The molecule has 0 amide bonds. The molecule has 0 aromatic heterocycles. The maximum atomic E-state index is 12.5. The van der Waals surface area contributed by atoms with Crippen LogP contribution in [0.15, 0.2) is 63.8 Å². The fraction of sp³-hybridized carbons (Fsp3) is 0.368. The zero-order chi connectivity index (χ0) is 41.3. The van der Waals surface area contributed by atoms with Crippen molar-refractivity contribution in [3.05, 3.63) is 70.4 Å². The number of methoxy groups -OCH3 is 2. The van der Waals surface area contributed by atoms with Crippen LogP contribution in [-0.4, -0.2) is 134 Å². The van der Waals surface area contributed by atoms with Crippen LogP contribution < -0.4 is 19.6 Å². The van der Waals surface area contributed by atoms with Gasteiger partial charge in [-0.3, -0.25) is 4.79 Å². The van der Waals surface area contributed by atoms with Gasteiger partial charge in [-0.1, -0.05) is 6.07 Å². The Balaban J connectivity index is 1.18. The lowest BCUT2D eigenvalue weighted by Gasteiger charge is -2.43. The molecule has 10 atom stereocenters. The van der Waals surface area contributed by atoms with Gasteiger partial charge in [0.1, 0.15) is 48.1 Å². The quantitative estimate of drug-likeness (QED) is 0.0568. The van der Waals surface area contributed by atoms with Gasteiger partial charge in [0.2, 0.25) is 12.0 Å². The van der Waals surface area contributed by atoms with Gasteiger partial charge < -0.3 is 83.5 Å². The third-order valence-corrected chi connectivity index (χ3v) is 9.32. The first kappa shape index (κ1) is 41.0. The molecule has 0 unspecified atom stereocenters. The number of phenolic OH excluding ortho intramolecular Hbond substituents is 4. The van der Waals surface area contributed by atoms with Crippen molar-refractivity contribution in [3.63, 3.8) is 0 Å². The van der Waals surface area contributed by atoms with Gasteiger partial charge >= 0.3 is 5.97 Å². The first-order chi connectivity index (χ1) is 27.1. The first-order valence-electron chi connectivity index (χ1n) is 17.3. The molecular weight excluding hydrogens is 760 g/mol. The number of aromatic hydroxyl groups is 4. The van der Waals surface area contributed by atoms with Crippen LogP contribution in [0.1, 0.15) is 12.5 Å². The third kappa shape index (κ3) is 8.55. The highest BCUT2D eigenvalue weighted by Gasteiger charge is 2.48. The summed E-state index contributed by atoms with van der Waals surface area (Å²) in [7, 11) is 2.58. The van der Waals surface area contributed by atoms with Crippen molar-refractivity contribution in [3.8, 4) is 62.9 Å². The van der Waals surface area contributed by atoms with Crippen LogP contribution in [0.3, 0.4) is 0 Å². The second-order valence-corrected chi connectivity index (χ2v) is 13.2. The predicted octanol–water partition coefficient (Wildman–Crippen LogP) is 0.546. The zero-order valence-corrected chi connectivity index (χ0v) is 30.4. The number of benzene rings is 3. The van der Waals surface area contributed by atoms with E-state index < -0.39 is 90.9 Å². The highest BCUT2D eigenvalue weighted by Crippen LogP contribution is 2.46. The first-order valence-corrected chi connectivity index (χ1v) is 17.3. The van der Waals surface area contributed by atoms with Crippen LogP contribution in [0.4, 0.5) is 0 Å². The molecule has 6 rings (SSSR count). The number of carbonyl (C=O) groups is 1. The molecule has 19 nitrogen and oxygen atoms in total. The third-order valence-electron chi connectivity index (χ3n) is 9.32. The highest BCUT2D eigenvalue weighted by molar-refractivity contribution is 5.87. The Hall–Kier alpha value is -5.64. The molecule has 0 saturated carbocycles. The van der Waals surface area contributed by atoms with E-state index in [1.807, 2.05) is 0 Å². The van der Waals surface area contributed by atoms with Gasteiger partial charge in [-0.05, 0) is 48.9 Å². The number of fused-ring (bicyclic) bond motifs is 1. The van der Waals surface area contributed by atoms with Crippen molar-refractivity contribution in [2.24, 2.45) is 0 Å². The Kier molecular flexibility index (Phi) is 12.1. The van der Waals surface area contributed by atoms with Gasteiger partial charge in [-0.15, -0.1) is 0 Å². The lowest BCUT2D eigenvalue weighted by molar-refractivity contribution is -0.319. The number of phenols is 4. The normalized spacial score (nSPS) is 27.6. The minimum Gasteiger partial charge on any atom is -0.507 e. The molecule has 4 aliphatic rings. The van der Waals surface area contributed by atoms with E-state index in [0.29, 0.717) is 5.56 Å². The largest absolute Gasteiger partial charge is 0.507 e. The van der Waals surface area contributed by atoms with Crippen LogP contribution in [-0.2, 0) is 23.7 Å². The van der Waals surface area contributed by atoms with Crippen molar-refractivity contribution in [2.45, 2.75) is 68.3 Å². The lowest BCUT2D eigenvalue weighted by Crippen LogP contribution is -2.62. The summed E-state index contributed by atoms with van der Waals surface area (Å²) in [6, 6.07) is 9.84. The smallest absolute Gasteiger partial charge is 0.331 e. The SMILES string of the molecule is COc1cc(-c2oc3cc(=O)cc(O)c-3cc2O[C@@H]2O[C@H](CO[C@@H]3O[C@@H](C)[C@H](OC(=O)C=Cc4ccc(O)c(O)c4)[C@@H](O)[C@H]3O)[C@@H](O)[C@H](O)[C@H]2O)cc(OC)c1O. The Bertz CT molecular complexity index is 2110.